The highest BCUT2D eigenvalue weighted by Crippen LogP contribution is 2.13. The summed E-state index contributed by atoms with van der Waals surface area (Å²) in [5.74, 6) is 0.840. The van der Waals surface area contributed by atoms with Crippen LogP contribution in [-0.4, -0.2) is 49.7 Å². The van der Waals surface area contributed by atoms with Crippen LogP contribution in [0.2, 0.25) is 0 Å². The van der Waals surface area contributed by atoms with Crippen molar-refractivity contribution in [2.24, 2.45) is 5.92 Å². The van der Waals surface area contributed by atoms with Crippen LogP contribution in [0.4, 0.5) is 0 Å². The quantitative estimate of drug-likeness (QED) is 0.514. The molecule has 128 valence electrons. The number of hydrogen-bond donors (Lipinski definition) is 2. The minimum absolute atomic E-state index is 0.593. The lowest BCUT2D eigenvalue weighted by atomic mass is 9.98. The zero-order valence-electron chi connectivity index (χ0n) is 15.5. The van der Waals surface area contributed by atoms with Crippen LogP contribution < -0.4 is 10.6 Å². The Morgan fingerprint density at radius 1 is 0.762 bits per heavy atom. The van der Waals surface area contributed by atoms with Crippen molar-refractivity contribution in [3.05, 3.63) is 0 Å². The second kappa shape index (κ2) is 13.5. The Balaban J connectivity index is 4.16. The molecule has 1 unspecified atom stereocenters. The number of nitrogens with zero attached hydrogens (tertiary/aromatic N) is 1. The topological polar surface area (TPSA) is 27.3 Å². The van der Waals surface area contributed by atoms with Gasteiger partial charge in [0.1, 0.15) is 0 Å². The van der Waals surface area contributed by atoms with E-state index in [4.69, 9.17) is 0 Å². The van der Waals surface area contributed by atoms with Gasteiger partial charge in [-0.3, -0.25) is 0 Å². The molecule has 0 spiro atoms. The second-order valence-corrected chi connectivity index (χ2v) is 6.96. The van der Waals surface area contributed by atoms with Crippen LogP contribution in [-0.2, 0) is 0 Å². The summed E-state index contributed by atoms with van der Waals surface area (Å²) in [6.07, 6.45) is 5.22. The van der Waals surface area contributed by atoms with E-state index in [0.29, 0.717) is 12.1 Å². The van der Waals surface area contributed by atoms with Crippen LogP contribution >= 0.6 is 0 Å². The molecule has 3 nitrogen and oxygen atoms in total. The van der Waals surface area contributed by atoms with Crippen molar-refractivity contribution >= 4 is 0 Å². The molecule has 0 aromatic rings. The molecule has 0 aromatic heterocycles. The van der Waals surface area contributed by atoms with Crippen LogP contribution in [0, 0.1) is 5.92 Å². The van der Waals surface area contributed by atoms with Crippen molar-refractivity contribution in [1.82, 2.24) is 15.5 Å². The van der Waals surface area contributed by atoms with E-state index in [1.54, 1.807) is 0 Å². The first kappa shape index (κ1) is 20.9. The van der Waals surface area contributed by atoms with Crippen molar-refractivity contribution < 1.29 is 0 Å². The summed E-state index contributed by atoms with van der Waals surface area (Å²) >= 11 is 0. The Kier molecular flexibility index (Phi) is 13.5. The molecule has 0 amide bonds. The molecule has 0 aliphatic heterocycles. The van der Waals surface area contributed by atoms with Crippen LogP contribution in [0.5, 0.6) is 0 Å². The lowest BCUT2D eigenvalue weighted by molar-refractivity contribution is 0.214. The van der Waals surface area contributed by atoms with Crippen LogP contribution in [0.15, 0.2) is 0 Å². The van der Waals surface area contributed by atoms with Gasteiger partial charge in [-0.1, -0.05) is 48.0 Å². The number of rotatable bonds is 14. The Morgan fingerprint density at radius 3 is 1.90 bits per heavy atom. The third-order valence-electron chi connectivity index (χ3n) is 3.84. The summed E-state index contributed by atoms with van der Waals surface area (Å²) in [4.78, 5) is 2.66. The summed E-state index contributed by atoms with van der Waals surface area (Å²) in [6.45, 7) is 19.5. The van der Waals surface area contributed by atoms with Gasteiger partial charge in [0.2, 0.25) is 0 Å². The highest BCUT2D eigenvalue weighted by molar-refractivity contribution is 4.69. The molecule has 0 radical (unpaired) electrons. The SMILES string of the molecule is CCCC(CCNC(C)C)CN(CCC)CCNC(C)C. The maximum absolute atomic E-state index is 3.57. The molecule has 0 aromatic carbocycles. The summed E-state index contributed by atoms with van der Waals surface area (Å²) < 4.78 is 0. The molecule has 3 heteroatoms. The van der Waals surface area contributed by atoms with Gasteiger partial charge in [-0.05, 0) is 38.3 Å². The highest BCUT2D eigenvalue weighted by atomic mass is 15.1. The van der Waals surface area contributed by atoms with Gasteiger partial charge in [-0.25, -0.2) is 0 Å². The monoisotopic (exact) mass is 299 g/mol. The normalized spacial score (nSPS) is 13.6. The highest BCUT2D eigenvalue weighted by Gasteiger charge is 2.13. The molecule has 0 fully saturated rings. The Bertz CT molecular complexity index is 195. The van der Waals surface area contributed by atoms with Gasteiger partial charge < -0.3 is 15.5 Å². The van der Waals surface area contributed by atoms with Gasteiger partial charge in [-0.2, -0.15) is 0 Å². The molecule has 0 saturated carbocycles. The van der Waals surface area contributed by atoms with Gasteiger partial charge >= 0.3 is 0 Å². The van der Waals surface area contributed by atoms with Crippen LogP contribution in [0.25, 0.3) is 0 Å². The molecule has 0 aliphatic carbocycles. The fraction of sp³-hybridized carbons (Fsp3) is 1.00. The summed E-state index contributed by atoms with van der Waals surface area (Å²) in [5, 5.41) is 7.11. The van der Waals surface area contributed by atoms with Crippen LogP contribution in [0.3, 0.4) is 0 Å². The maximum atomic E-state index is 3.57. The van der Waals surface area contributed by atoms with Crippen molar-refractivity contribution in [2.45, 2.75) is 79.3 Å². The Hall–Kier alpha value is -0.120. The first-order valence-electron chi connectivity index (χ1n) is 9.18. The number of hydrogen-bond acceptors (Lipinski definition) is 3. The average Bonchev–Trinajstić information content (AvgIpc) is 2.38. The zero-order chi connectivity index (χ0) is 16.1. The predicted molar refractivity (Wildman–Crippen MR) is 96.0 cm³/mol. The van der Waals surface area contributed by atoms with Gasteiger partial charge in [0.25, 0.3) is 0 Å². The molecule has 1 atom stereocenters. The van der Waals surface area contributed by atoms with Gasteiger partial charge in [-0.15, -0.1) is 0 Å². The van der Waals surface area contributed by atoms with Gasteiger partial charge in [0.05, 0.1) is 0 Å². The van der Waals surface area contributed by atoms with Crippen molar-refractivity contribution in [1.29, 1.82) is 0 Å². The fourth-order valence-corrected chi connectivity index (χ4v) is 2.80. The molecule has 21 heavy (non-hydrogen) atoms. The lowest BCUT2D eigenvalue weighted by Gasteiger charge is -2.28. The smallest absolute Gasteiger partial charge is 0.0107 e. The molecule has 2 N–H and O–H groups in total. The third kappa shape index (κ3) is 13.3. The molecule has 0 aliphatic rings. The summed E-state index contributed by atoms with van der Waals surface area (Å²) in [7, 11) is 0. The van der Waals surface area contributed by atoms with Gasteiger partial charge in [0, 0.05) is 31.7 Å². The molecule has 0 heterocycles. The van der Waals surface area contributed by atoms with Crippen molar-refractivity contribution in [2.75, 3.05) is 32.7 Å². The van der Waals surface area contributed by atoms with Crippen molar-refractivity contribution in [3.63, 3.8) is 0 Å². The summed E-state index contributed by atoms with van der Waals surface area (Å²) in [6, 6.07) is 1.20. The molecule has 0 bridgehead atoms. The molecular weight excluding hydrogens is 258 g/mol. The van der Waals surface area contributed by atoms with E-state index in [9.17, 15) is 0 Å². The predicted octanol–water partition coefficient (Wildman–Crippen LogP) is 3.50. The van der Waals surface area contributed by atoms with Crippen molar-refractivity contribution in [3.8, 4) is 0 Å². The fourth-order valence-electron chi connectivity index (χ4n) is 2.80. The minimum atomic E-state index is 0.593. The largest absolute Gasteiger partial charge is 0.315 e. The standard InChI is InChI=1S/C18H41N3/c1-7-9-18(10-11-19-16(3)4)15-21(13-8-2)14-12-20-17(5)6/h16-20H,7-15H2,1-6H3. The first-order chi connectivity index (χ1) is 9.99. The van der Waals surface area contributed by atoms with E-state index < -0.39 is 0 Å². The maximum Gasteiger partial charge on any atom is 0.0107 e. The van der Waals surface area contributed by atoms with E-state index in [-0.39, 0.29) is 0 Å². The van der Waals surface area contributed by atoms with E-state index in [1.807, 2.05) is 0 Å². The Labute approximate surface area is 134 Å². The second-order valence-electron chi connectivity index (χ2n) is 6.96. The van der Waals surface area contributed by atoms with Gasteiger partial charge in [0.15, 0.2) is 0 Å². The molecule has 0 saturated heterocycles. The number of nitrogens with one attached hydrogen (secondary N) is 2. The van der Waals surface area contributed by atoms with Crippen LogP contribution in [0.1, 0.15) is 67.2 Å². The Morgan fingerprint density at radius 2 is 1.38 bits per heavy atom. The van der Waals surface area contributed by atoms with E-state index >= 15 is 0 Å². The van der Waals surface area contributed by atoms with E-state index in [1.165, 1.54) is 45.3 Å². The zero-order valence-corrected chi connectivity index (χ0v) is 15.5. The van der Waals surface area contributed by atoms with E-state index in [0.717, 1.165) is 19.0 Å². The molecule has 0 rings (SSSR count). The minimum Gasteiger partial charge on any atom is -0.315 e. The average molecular weight is 300 g/mol. The molecular formula is C18H41N3. The summed E-state index contributed by atoms with van der Waals surface area (Å²) in [5.41, 5.74) is 0. The van der Waals surface area contributed by atoms with E-state index in [2.05, 4.69) is 57.1 Å². The third-order valence-corrected chi connectivity index (χ3v) is 3.84. The lowest BCUT2D eigenvalue weighted by Crippen LogP contribution is -2.38. The first-order valence-corrected chi connectivity index (χ1v) is 9.18.